The second kappa shape index (κ2) is 10.6. The van der Waals surface area contributed by atoms with E-state index in [-0.39, 0.29) is 24.2 Å². The van der Waals surface area contributed by atoms with Crippen molar-refractivity contribution in [1.29, 1.82) is 0 Å². The molecule has 1 aliphatic rings. The van der Waals surface area contributed by atoms with Crippen LogP contribution in [0.5, 0.6) is 5.75 Å². The molecule has 2 heterocycles. The third-order valence-electron chi connectivity index (χ3n) is 4.24. The van der Waals surface area contributed by atoms with Crippen LogP contribution in [0.2, 0.25) is 0 Å². The van der Waals surface area contributed by atoms with E-state index in [1.807, 2.05) is 0 Å². The molecule has 0 radical (unpaired) electrons. The van der Waals surface area contributed by atoms with E-state index in [0.29, 0.717) is 36.3 Å². The van der Waals surface area contributed by atoms with Gasteiger partial charge in [0.2, 0.25) is 5.91 Å². The summed E-state index contributed by atoms with van der Waals surface area (Å²) in [5, 5.41) is 16.8. The number of carbonyl (C=O) groups excluding carboxylic acids is 2. The summed E-state index contributed by atoms with van der Waals surface area (Å²) in [5.74, 6) is 0.204. The van der Waals surface area contributed by atoms with Crippen LogP contribution in [0, 0.1) is 0 Å². The second-order valence-electron chi connectivity index (χ2n) is 6.38. The van der Waals surface area contributed by atoms with Gasteiger partial charge in [-0.1, -0.05) is 11.3 Å². The predicted octanol–water partition coefficient (Wildman–Crippen LogP) is 1.39. The molecule has 2 amide bonds. The number of nitrogens with zero attached hydrogens (tertiary/aromatic N) is 3. The Labute approximate surface area is 169 Å². The number of hydrogen-bond acceptors (Lipinski definition) is 6. The van der Waals surface area contributed by atoms with Gasteiger partial charge in [-0.05, 0) is 38.1 Å². The number of benzene rings is 1. The van der Waals surface area contributed by atoms with Gasteiger partial charge in [-0.15, -0.1) is 17.5 Å². The van der Waals surface area contributed by atoms with Crippen molar-refractivity contribution in [3.63, 3.8) is 0 Å². The van der Waals surface area contributed by atoms with Crippen LogP contribution >= 0.6 is 12.4 Å². The summed E-state index contributed by atoms with van der Waals surface area (Å²) in [6.07, 6.45) is 3.66. The van der Waals surface area contributed by atoms with Crippen molar-refractivity contribution in [2.24, 2.45) is 0 Å². The largest absolute Gasteiger partial charge is 0.492 e. The van der Waals surface area contributed by atoms with E-state index in [1.54, 1.807) is 35.1 Å². The van der Waals surface area contributed by atoms with Crippen LogP contribution in [-0.2, 0) is 4.79 Å². The molecule has 0 bridgehead atoms. The first kappa shape index (κ1) is 21.6. The number of piperidine rings is 1. The van der Waals surface area contributed by atoms with E-state index >= 15 is 0 Å². The Hall–Kier alpha value is -2.65. The first-order chi connectivity index (χ1) is 13.1. The van der Waals surface area contributed by atoms with Crippen LogP contribution in [0.25, 0.3) is 0 Å². The Morgan fingerprint density at radius 1 is 1.32 bits per heavy atom. The number of nitrogens with one attached hydrogen (secondary N) is 3. The minimum Gasteiger partial charge on any atom is -0.492 e. The van der Waals surface area contributed by atoms with Gasteiger partial charge in [0.05, 0.1) is 18.8 Å². The van der Waals surface area contributed by atoms with Gasteiger partial charge in [-0.25, -0.2) is 4.68 Å². The van der Waals surface area contributed by atoms with Crippen molar-refractivity contribution < 1.29 is 14.3 Å². The van der Waals surface area contributed by atoms with Gasteiger partial charge in [0.15, 0.2) is 5.69 Å². The lowest BCUT2D eigenvalue weighted by Gasteiger charge is -2.22. The number of carbonyl (C=O) groups is 2. The van der Waals surface area contributed by atoms with E-state index in [1.165, 1.54) is 6.92 Å². The standard InChI is InChI=1S/C18H24N6O3.ClH/c1-13(25)21-14-3-2-4-16(11-14)27-10-9-20-18(26)17-12-24(23-22-17)15-5-7-19-8-6-15;/h2-4,11-12,15,19H,5-10H2,1H3,(H,20,26)(H,21,25);1H. The fraction of sp³-hybridized carbons (Fsp3) is 0.444. The first-order valence-corrected chi connectivity index (χ1v) is 9.03. The van der Waals surface area contributed by atoms with E-state index in [2.05, 4.69) is 26.3 Å². The topological polar surface area (TPSA) is 110 Å². The highest BCUT2D eigenvalue weighted by Gasteiger charge is 2.18. The SMILES string of the molecule is CC(=O)Nc1cccc(OCCNC(=O)c2cn(C3CCNCC3)nn2)c1.Cl. The number of rotatable bonds is 7. The Morgan fingerprint density at radius 2 is 2.11 bits per heavy atom. The Kier molecular flexibility index (Phi) is 8.21. The van der Waals surface area contributed by atoms with Crippen LogP contribution in [0.4, 0.5) is 5.69 Å². The highest BCUT2D eigenvalue weighted by Crippen LogP contribution is 2.18. The molecular weight excluding hydrogens is 384 g/mol. The lowest BCUT2D eigenvalue weighted by atomic mass is 10.1. The van der Waals surface area contributed by atoms with Gasteiger partial charge < -0.3 is 20.7 Å². The summed E-state index contributed by atoms with van der Waals surface area (Å²) in [7, 11) is 0. The van der Waals surface area contributed by atoms with Crippen molar-refractivity contribution in [3.05, 3.63) is 36.2 Å². The van der Waals surface area contributed by atoms with Crippen molar-refractivity contribution in [3.8, 4) is 5.75 Å². The van der Waals surface area contributed by atoms with Crippen LogP contribution < -0.4 is 20.7 Å². The van der Waals surface area contributed by atoms with Gasteiger partial charge in [-0.3, -0.25) is 9.59 Å². The molecule has 3 rings (SSSR count). The van der Waals surface area contributed by atoms with Gasteiger partial charge in [0.1, 0.15) is 12.4 Å². The average molecular weight is 409 g/mol. The zero-order valence-electron chi connectivity index (χ0n) is 15.7. The molecule has 152 valence electrons. The summed E-state index contributed by atoms with van der Waals surface area (Å²) in [5.41, 5.74) is 0.972. The van der Waals surface area contributed by atoms with Gasteiger partial charge in [0, 0.05) is 18.7 Å². The summed E-state index contributed by atoms with van der Waals surface area (Å²) in [6.45, 7) is 3.99. The van der Waals surface area contributed by atoms with Crippen LogP contribution in [-0.4, -0.2) is 53.0 Å². The minimum atomic E-state index is -0.272. The monoisotopic (exact) mass is 408 g/mol. The molecule has 0 aliphatic carbocycles. The quantitative estimate of drug-likeness (QED) is 0.597. The summed E-state index contributed by atoms with van der Waals surface area (Å²) in [4.78, 5) is 23.3. The summed E-state index contributed by atoms with van der Waals surface area (Å²) in [6, 6.07) is 7.38. The van der Waals surface area contributed by atoms with Crippen molar-refractivity contribution >= 4 is 29.9 Å². The number of halogens is 1. The maximum atomic E-state index is 12.2. The molecule has 28 heavy (non-hydrogen) atoms. The zero-order valence-corrected chi connectivity index (χ0v) is 16.5. The molecule has 10 heteroatoms. The number of ether oxygens (including phenoxy) is 1. The molecule has 1 aromatic heterocycles. The number of hydrogen-bond donors (Lipinski definition) is 3. The van der Waals surface area contributed by atoms with Gasteiger partial charge in [0.25, 0.3) is 5.91 Å². The third-order valence-corrected chi connectivity index (χ3v) is 4.24. The lowest BCUT2D eigenvalue weighted by molar-refractivity contribution is -0.114. The fourth-order valence-electron chi connectivity index (χ4n) is 2.92. The Balaban J connectivity index is 0.00000280. The Morgan fingerprint density at radius 3 is 2.86 bits per heavy atom. The minimum absolute atomic E-state index is 0. The maximum absolute atomic E-state index is 12.2. The fourth-order valence-corrected chi connectivity index (χ4v) is 2.92. The summed E-state index contributed by atoms with van der Waals surface area (Å²) < 4.78 is 7.38. The molecular formula is C18H25ClN6O3. The summed E-state index contributed by atoms with van der Waals surface area (Å²) >= 11 is 0. The molecule has 1 aromatic carbocycles. The number of anilines is 1. The molecule has 3 N–H and O–H groups in total. The van der Waals surface area contributed by atoms with Crippen LogP contribution in [0.1, 0.15) is 36.3 Å². The highest BCUT2D eigenvalue weighted by molar-refractivity contribution is 5.91. The third kappa shape index (κ3) is 6.21. The molecule has 0 unspecified atom stereocenters. The lowest BCUT2D eigenvalue weighted by Crippen LogP contribution is -2.30. The first-order valence-electron chi connectivity index (χ1n) is 9.03. The van der Waals surface area contributed by atoms with E-state index in [9.17, 15) is 9.59 Å². The highest BCUT2D eigenvalue weighted by atomic mass is 35.5. The van der Waals surface area contributed by atoms with Crippen molar-refractivity contribution in [2.45, 2.75) is 25.8 Å². The molecule has 0 spiro atoms. The maximum Gasteiger partial charge on any atom is 0.273 e. The van der Waals surface area contributed by atoms with Crippen LogP contribution in [0.15, 0.2) is 30.5 Å². The van der Waals surface area contributed by atoms with Gasteiger partial charge in [-0.2, -0.15) is 0 Å². The van der Waals surface area contributed by atoms with Crippen molar-refractivity contribution in [1.82, 2.24) is 25.6 Å². The van der Waals surface area contributed by atoms with E-state index in [4.69, 9.17) is 4.74 Å². The smallest absolute Gasteiger partial charge is 0.273 e. The molecule has 1 aliphatic heterocycles. The number of aromatic nitrogens is 3. The van der Waals surface area contributed by atoms with Crippen LogP contribution in [0.3, 0.4) is 0 Å². The second-order valence-corrected chi connectivity index (χ2v) is 6.38. The molecule has 9 nitrogen and oxygen atoms in total. The molecule has 0 atom stereocenters. The Bertz CT molecular complexity index is 791. The molecule has 1 fully saturated rings. The number of amides is 2. The van der Waals surface area contributed by atoms with Crippen molar-refractivity contribution in [2.75, 3.05) is 31.6 Å². The predicted molar refractivity (Wildman–Crippen MR) is 107 cm³/mol. The van der Waals surface area contributed by atoms with Gasteiger partial charge >= 0.3 is 0 Å². The van der Waals surface area contributed by atoms with E-state index < -0.39 is 0 Å². The molecule has 2 aromatic rings. The average Bonchev–Trinajstić information content (AvgIpc) is 3.16. The molecule has 0 saturated carbocycles. The molecule has 1 saturated heterocycles. The van der Waals surface area contributed by atoms with E-state index in [0.717, 1.165) is 25.9 Å². The zero-order chi connectivity index (χ0) is 19.1. The normalized spacial score (nSPS) is 14.0.